The van der Waals surface area contributed by atoms with Gasteiger partial charge in [0.15, 0.2) is 0 Å². The predicted molar refractivity (Wildman–Crippen MR) is 63.2 cm³/mol. The summed E-state index contributed by atoms with van der Waals surface area (Å²) in [6, 6.07) is 8.53. The molecule has 1 N–H and O–H groups in total. The quantitative estimate of drug-likeness (QED) is 0.821. The molecule has 1 aromatic rings. The van der Waals surface area contributed by atoms with Gasteiger partial charge in [0, 0.05) is 13.2 Å². The van der Waals surface area contributed by atoms with Crippen molar-refractivity contribution in [3.8, 4) is 0 Å². The lowest BCUT2D eigenvalue weighted by atomic mass is 10.1. The standard InChI is InChI=1S/C13H19NO2/c1-14-8-11-2-4-12(5-3-11)9-16-13-6-7-15-10-13/h2-5,13-14H,6-10H2,1H3. The SMILES string of the molecule is CNCc1ccc(COC2CCOC2)cc1. The molecule has 3 nitrogen and oxygen atoms in total. The first-order valence-electron chi connectivity index (χ1n) is 5.80. The summed E-state index contributed by atoms with van der Waals surface area (Å²) in [5, 5.41) is 3.13. The molecule has 3 heteroatoms. The van der Waals surface area contributed by atoms with Gasteiger partial charge in [-0.05, 0) is 24.6 Å². The smallest absolute Gasteiger partial charge is 0.0834 e. The van der Waals surface area contributed by atoms with Crippen molar-refractivity contribution in [2.45, 2.75) is 25.7 Å². The van der Waals surface area contributed by atoms with Crippen molar-refractivity contribution in [3.05, 3.63) is 35.4 Å². The van der Waals surface area contributed by atoms with Gasteiger partial charge in [-0.1, -0.05) is 24.3 Å². The number of benzene rings is 1. The summed E-state index contributed by atoms with van der Waals surface area (Å²) in [6.07, 6.45) is 1.31. The van der Waals surface area contributed by atoms with Crippen molar-refractivity contribution in [1.29, 1.82) is 0 Å². The fourth-order valence-corrected chi connectivity index (χ4v) is 1.82. The van der Waals surface area contributed by atoms with Crippen molar-refractivity contribution < 1.29 is 9.47 Å². The highest BCUT2D eigenvalue weighted by molar-refractivity contribution is 5.21. The molecule has 0 saturated carbocycles. The Morgan fingerprint density at radius 3 is 2.69 bits per heavy atom. The van der Waals surface area contributed by atoms with Gasteiger partial charge in [0.2, 0.25) is 0 Å². The van der Waals surface area contributed by atoms with Crippen molar-refractivity contribution in [2.24, 2.45) is 0 Å². The highest BCUT2D eigenvalue weighted by Crippen LogP contribution is 2.12. The third-order valence-corrected chi connectivity index (χ3v) is 2.78. The van der Waals surface area contributed by atoms with Gasteiger partial charge in [-0.25, -0.2) is 0 Å². The number of nitrogens with one attached hydrogen (secondary N) is 1. The van der Waals surface area contributed by atoms with E-state index in [1.807, 2.05) is 7.05 Å². The molecule has 1 heterocycles. The molecule has 2 rings (SSSR count). The van der Waals surface area contributed by atoms with Crippen LogP contribution in [0.2, 0.25) is 0 Å². The summed E-state index contributed by atoms with van der Waals surface area (Å²) in [7, 11) is 1.96. The van der Waals surface area contributed by atoms with Crippen molar-refractivity contribution in [1.82, 2.24) is 5.32 Å². The van der Waals surface area contributed by atoms with Crippen molar-refractivity contribution in [3.63, 3.8) is 0 Å². The van der Waals surface area contributed by atoms with E-state index in [0.717, 1.165) is 26.2 Å². The number of rotatable bonds is 5. The van der Waals surface area contributed by atoms with Crippen LogP contribution < -0.4 is 5.32 Å². The Morgan fingerprint density at radius 1 is 1.31 bits per heavy atom. The normalized spacial score (nSPS) is 20.2. The summed E-state index contributed by atoms with van der Waals surface area (Å²) in [5.74, 6) is 0. The van der Waals surface area contributed by atoms with Gasteiger partial charge < -0.3 is 14.8 Å². The van der Waals surface area contributed by atoms with Crippen LogP contribution in [0.25, 0.3) is 0 Å². The first kappa shape index (κ1) is 11.6. The molecular weight excluding hydrogens is 202 g/mol. The summed E-state index contributed by atoms with van der Waals surface area (Å²) in [5.41, 5.74) is 2.53. The minimum Gasteiger partial charge on any atom is -0.379 e. The van der Waals surface area contributed by atoms with E-state index < -0.39 is 0 Å². The second-order valence-corrected chi connectivity index (χ2v) is 4.14. The first-order chi connectivity index (χ1) is 7.88. The summed E-state index contributed by atoms with van der Waals surface area (Å²) in [6.45, 7) is 3.19. The van der Waals surface area contributed by atoms with Crippen LogP contribution in [0.1, 0.15) is 17.5 Å². The number of hydrogen-bond acceptors (Lipinski definition) is 3. The van der Waals surface area contributed by atoms with Crippen LogP contribution in [0.3, 0.4) is 0 Å². The lowest BCUT2D eigenvalue weighted by molar-refractivity contribution is 0.0317. The molecule has 1 aliphatic heterocycles. The molecule has 0 bridgehead atoms. The highest BCUT2D eigenvalue weighted by atomic mass is 16.5. The highest BCUT2D eigenvalue weighted by Gasteiger charge is 2.15. The van der Waals surface area contributed by atoms with Crippen LogP contribution in [0.4, 0.5) is 0 Å². The van der Waals surface area contributed by atoms with Crippen LogP contribution in [-0.4, -0.2) is 26.4 Å². The van der Waals surface area contributed by atoms with E-state index in [0.29, 0.717) is 6.61 Å². The number of ether oxygens (including phenoxy) is 2. The number of hydrogen-bond donors (Lipinski definition) is 1. The zero-order valence-electron chi connectivity index (χ0n) is 9.74. The summed E-state index contributed by atoms with van der Waals surface area (Å²) < 4.78 is 11.0. The Morgan fingerprint density at radius 2 is 2.06 bits per heavy atom. The Hall–Kier alpha value is -0.900. The van der Waals surface area contributed by atoms with Gasteiger partial charge in [0.1, 0.15) is 0 Å². The molecule has 1 fully saturated rings. The molecule has 1 aliphatic rings. The zero-order chi connectivity index (χ0) is 11.2. The van der Waals surface area contributed by atoms with Crippen molar-refractivity contribution in [2.75, 3.05) is 20.3 Å². The van der Waals surface area contributed by atoms with E-state index in [9.17, 15) is 0 Å². The van der Waals surface area contributed by atoms with E-state index >= 15 is 0 Å². The maximum Gasteiger partial charge on any atom is 0.0834 e. The average molecular weight is 221 g/mol. The fraction of sp³-hybridized carbons (Fsp3) is 0.538. The Balaban J connectivity index is 1.80. The molecule has 1 aromatic carbocycles. The molecule has 88 valence electrons. The summed E-state index contributed by atoms with van der Waals surface area (Å²) >= 11 is 0. The van der Waals surface area contributed by atoms with Gasteiger partial charge in [-0.15, -0.1) is 0 Å². The van der Waals surface area contributed by atoms with Crippen LogP contribution in [-0.2, 0) is 22.6 Å². The Kier molecular flexibility index (Phi) is 4.34. The molecule has 1 atom stereocenters. The van der Waals surface area contributed by atoms with E-state index in [4.69, 9.17) is 9.47 Å². The zero-order valence-corrected chi connectivity index (χ0v) is 9.74. The van der Waals surface area contributed by atoms with E-state index in [-0.39, 0.29) is 6.10 Å². The topological polar surface area (TPSA) is 30.5 Å². The molecule has 0 amide bonds. The molecule has 0 spiro atoms. The molecular formula is C13H19NO2. The van der Waals surface area contributed by atoms with Gasteiger partial charge in [0.05, 0.1) is 19.3 Å². The van der Waals surface area contributed by atoms with Crippen LogP contribution in [0.15, 0.2) is 24.3 Å². The monoisotopic (exact) mass is 221 g/mol. The van der Waals surface area contributed by atoms with Gasteiger partial charge in [-0.3, -0.25) is 0 Å². The maximum atomic E-state index is 5.75. The molecule has 0 radical (unpaired) electrons. The third kappa shape index (κ3) is 3.30. The van der Waals surface area contributed by atoms with Crippen molar-refractivity contribution >= 4 is 0 Å². The lowest BCUT2D eigenvalue weighted by Crippen LogP contribution is -2.12. The largest absolute Gasteiger partial charge is 0.379 e. The summed E-state index contributed by atoms with van der Waals surface area (Å²) in [4.78, 5) is 0. The second kappa shape index (κ2) is 5.99. The minimum absolute atomic E-state index is 0.289. The molecule has 16 heavy (non-hydrogen) atoms. The van der Waals surface area contributed by atoms with Crippen LogP contribution in [0, 0.1) is 0 Å². The van der Waals surface area contributed by atoms with E-state index in [1.165, 1.54) is 11.1 Å². The average Bonchev–Trinajstić information content (AvgIpc) is 2.82. The van der Waals surface area contributed by atoms with Gasteiger partial charge in [-0.2, -0.15) is 0 Å². The maximum absolute atomic E-state index is 5.75. The second-order valence-electron chi connectivity index (χ2n) is 4.14. The van der Waals surface area contributed by atoms with Crippen LogP contribution in [0.5, 0.6) is 0 Å². The lowest BCUT2D eigenvalue weighted by Gasteiger charge is -2.10. The van der Waals surface area contributed by atoms with E-state index in [1.54, 1.807) is 0 Å². The molecule has 1 saturated heterocycles. The molecule has 1 unspecified atom stereocenters. The fourth-order valence-electron chi connectivity index (χ4n) is 1.82. The predicted octanol–water partition coefficient (Wildman–Crippen LogP) is 1.71. The van der Waals surface area contributed by atoms with Gasteiger partial charge in [0.25, 0.3) is 0 Å². The Bertz CT molecular complexity index is 304. The van der Waals surface area contributed by atoms with E-state index in [2.05, 4.69) is 29.6 Å². The molecule has 0 aromatic heterocycles. The third-order valence-electron chi connectivity index (χ3n) is 2.78. The molecule has 0 aliphatic carbocycles. The van der Waals surface area contributed by atoms with Gasteiger partial charge >= 0.3 is 0 Å². The first-order valence-corrected chi connectivity index (χ1v) is 5.80. The Labute approximate surface area is 96.8 Å². The minimum atomic E-state index is 0.289. The van der Waals surface area contributed by atoms with Crippen LogP contribution >= 0.6 is 0 Å².